The number of hydrogen-bond donors (Lipinski definition) is 1. The minimum Gasteiger partial charge on any atom is -0.369 e. The molecule has 1 amide bonds. The zero-order chi connectivity index (χ0) is 12.5. The number of amides is 1. The molecule has 0 aliphatic heterocycles. The Morgan fingerprint density at radius 2 is 2.00 bits per heavy atom. The Morgan fingerprint density at radius 1 is 1.44 bits per heavy atom. The molecule has 0 aliphatic rings. The smallest absolute Gasteiger partial charge is 0.225 e. The van der Waals surface area contributed by atoms with Crippen molar-refractivity contribution in [1.82, 2.24) is 0 Å². The Morgan fingerprint density at radius 3 is 2.38 bits per heavy atom. The fourth-order valence-corrected chi connectivity index (χ4v) is 2.56. The van der Waals surface area contributed by atoms with Gasteiger partial charge in [-0.15, -0.1) is 0 Å². The van der Waals surface area contributed by atoms with Crippen LogP contribution in [0.1, 0.15) is 32.3 Å². The van der Waals surface area contributed by atoms with Crippen molar-refractivity contribution >= 4 is 33.4 Å². The second-order valence-corrected chi connectivity index (χ2v) is 6.19. The first-order chi connectivity index (χ1) is 7.23. The van der Waals surface area contributed by atoms with Crippen molar-refractivity contribution in [3.05, 3.63) is 33.3 Å². The van der Waals surface area contributed by atoms with Gasteiger partial charge in [0.05, 0.1) is 5.92 Å². The van der Waals surface area contributed by atoms with Gasteiger partial charge in [0.25, 0.3) is 0 Å². The maximum absolute atomic E-state index is 11.5. The average Bonchev–Trinajstić information content (AvgIpc) is 2.06. The lowest BCUT2D eigenvalue weighted by Crippen LogP contribution is -2.32. The molecule has 0 fully saturated rings. The molecule has 0 heterocycles. The highest BCUT2D eigenvalue weighted by Crippen LogP contribution is 2.38. The monoisotopic (exact) mass is 303 g/mol. The molecule has 16 heavy (non-hydrogen) atoms. The first kappa shape index (κ1) is 13.5. The van der Waals surface area contributed by atoms with Crippen LogP contribution >= 0.6 is 27.5 Å². The quantitative estimate of drug-likeness (QED) is 0.889. The summed E-state index contributed by atoms with van der Waals surface area (Å²) in [5.41, 5.74) is 5.99. The Balaban J connectivity index is 3.28. The summed E-state index contributed by atoms with van der Waals surface area (Å²) in [6, 6.07) is 5.48. The van der Waals surface area contributed by atoms with Gasteiger partial charge in [0.2, 0.25) is 5.91 Å². The van der Waals surface area contributed by atoms with Gasteiger partial charge in [-0.2, -0.15) is 0 Å². The summed E-state index contributed by atoms with van der Waals surface area (Å²) in [5.74, 6) is -0.732. The summed E-state index contributed by atoms with van der Waals surface area (Å²) in [5, 5.41) is 0.563. The molecule has 2 nitrogen and oxygen atoms in total. The fourth-order valence-electron chi connectivity index (χ4n) is 1.78. The van der Waals surface area contributed by atoms with Crippen molar-refractivity contribution < 1.29 is 4.79 Å². The van der Waals surface area contributed by atoms with Crippen LogP contribution in [0.25, 0.3) is 0 Å². The van der Waals surface area contributed by atoms with Crippen LogP contribution in [-0.4, -0.2) is 5.91 Å². The van der Waals surface area contributed by atoms with Crippen molar-refractivity contribution in [2.45, 2.75) is 26.7 Å². The first-order valence-corrected chi connectivity index (χ1v) is 6.15. The Hall–Kier alpha value is -0.540. The van der Waals surface area contributed by atoms with E-state index in [0.717, 1.165) is 10.0 Å². The van der Waals surface area contributed by atoms with Gasteiger partial charge in [-0.05, 0) is 23.1 Å². The van der Waals surface area contributed by atoms with Crippen molar-refractivity contribution in [2.24, 2.45) is 11.1 Å². The van der Waals surface area contributed by atoms with E-state index in [-0.39, 0.29) is 17.2 Å². The van der Waals surface area contributed by atoms with Crippen molar-refractivity contribution in [3.63, 3.8) is 0 Å². The molecule has 1 aromatic rings. The van der Waals surface area contributed by atoms with Crippen LogP contribution in [0.15, 0.2) is 22.7 Å². The SMILES string of the molecule is CC(C)(C)C(C(N)=O)c1ccc(Br)cc1Cl. The Bertz CT molecular complexity index is 412. The number of rotatable bonds is 2. The Labute approximate surface area is 109 Å². The van der Waals surface area contributed by atoms with E-state index in [9.17, 15) is 4.79 Å². The lowest BCUT2D eigenvalue weighted by molar-refractivity contribution is -0.121. The highest BCUT2D eigenvalue weighted by atomic mass is 79.9. The molecular formula is C12H15BrClNO. The second-order valence-electron chi connectivity index (χ2n) is 4.87. The number of benzene rings is 1. The number of nitrogens with two attached hydrogens (primary N) is 1. The molecule has 88 valence electrons. The molecule has 0 radical (unpaired) electrons. The predicted molar refractivity (Wildman–Crippen MR) is 70.5 cm³/mol. The number of halogens is 2. The van der Waals surface area contributed by atoms with E-state index in [1.54, 1.807) is 6.07 Å². The molecule has 1 aromatic carbocycles. The highest BCUT2D eigenvalue weighted by molar-refractivity contribution is 9.10. The minimum atomic E-state index is -0.381. The van der Waals surface area contributed by atoms with Gasteiger partial charge in [-0.1, -0.05) is 54.4 Å². The van der Waals surface area contributed by atoms with E-state index in [1.807, 2.05) is 32.9 Å². The molecule has 0 bridgehead atoms. The summed E-state index contributed by atoms with van der Waals surface area (Å²) in [4.78, 5) is 11.5. The lowest BCUT2D eigenvalue weighted by Gasteiger charge is -2.29. The third-order valence-corrected chi connectivity index (χ3v) is 3.24. The average molecular weight is 305 g/mol. The standard InChI is InChI=1S/C12H15BrClNO/c1-12(2,3)10(11(15)16)8-5-4-7(13)6-9(8)14/h4-6,10H,1-3H3,(H2,15,16). The van der Waals surface area contributed by atoms with Gasteiger partial charge >= 0.3 is 0 Å². The van der Waals surface area contributed by atoms with E-state index < -0.39 is 0 Å². The van der Waals surface area contributed by atoms with Crippen LogP contribution in [0.2, 0.25) is 5.02 Å². The summed E-state index contributed by atoms with van der Waals surface area (Å²) in [6.45, 7) is 5.92. The molecule has 1 unspecified atom stereocenters. The number of carbonyl (C=O) groups is 1. The summed E-state index contributed by atoms with van der Waals surface area (Å²) in [7, 11) is 0. The van der Waals surface area contributed by atoms with Gasteiger partial charge in [-0.3, -0.25) is 4.79 Å². The first-order valence-electron chi connectivity index (χ1n) is 4.97. The number of carbonyl (C=O) groups excluding carboxylic acids is 1. The molecule has 1 rings (SSSR count). The largest absolute Gasteiger partial charge is 0.369 e. The van der Waals surface area contributed by atoms with Gasteiger partial charge in [0, 0.05) is 9.50 Å². The van der Waals surface area contributed by atoms with Crippen LogP contribution in [0.5, 0.6) is 0 Å². The normalized spacial score (nSPS) is 13.6. The second kappa shape index (κ2) is 4.76. The molecule has 0 saturated carbocycles. The zero-order valence-corrected chi connectivity index (χ0v) is 11.9. The molecule has 0 aliphatic carbocycles. The van der Waals surface area contributed by atoms with Crippen molar-refractivity contribution in [3.8, 4) is 0 Å². The minimum absolute atomic E-state index is 0.247. The maximum Gasteiger partial charge on any atom is 0.225 e. The lowest BCUT2D eigenvalue weighted by atomic mass is 9.76. The van der Waals surface area contributed by atoms with Crippen LogP contribution < -0.4 is 5.73 Å². The van der Waals surface area contributed by atoms with E-state index >= 15 is 0 Å². The van der Waals surface area contributed by atoms with Crippen LogP contribution in [0, 0.1) is 5.41 Å². The molecule has 2 N–H and O–H groups in total. The summed E-state index contributed by atoms with van der Waals surface area (Å²) >= 11 is 9.47. The summed E-state index contributed by atoms with van der Waals surface area (Å²) < 4.78 is 0.887. The number of hydrogen-bond acceptors (Lipinski definition) is 1. The van der Waals surface area contributed by atoms with Gasteiger partial charge < -0.3 is 5.73 Å². The Kier molecular flexibility index (Phi) is 4.02. The molecule has 1 atom stereocenters. The topological polar surface area (TPSA) is 43.1 Å². The molecule has 0 saturated heterocycles. The van der Waals surface area contributed by atoms with Crippen molar-refractivity contribution in [2.75, 3.05) is 0 Å². The summed E-state index contributed by atoms with van der Waals surface area (Å²) in [6.07, 6.45) is 0. The highest BCUT2D eigenvalue weighted by Gasteiger charge is 2.32. The molecule has 0 aromatic heterocycles. The molecular weight excluding hydrogens is 289 g/mol. The van der Waals surface area contributed by atoms with Gasteiger partial charge in [0.15, 0.2) is 0 Å². The van der Waals surface area contributed by atoms with E-state index in [4.69, 9.17) is 17.3 Å². The third kappa shape index (κ3) is 2.98. The third-order valence-electron chi connectivity index (χ3n) is 2.42. The fraction of sp³-hybridized carbons (Fsp3) is 0.417. The molecule has 4 heteroatoms. The van der Waals surface area contributed by atoms with Crippen LogP contribution in [0.3, 0.4) is 0 Å². The maximum atomic E-state index is 11.5. The van der Waals surface area contributed by atoms with E-state index in [1.165, 1.54) is 0 Å². The van der Waals surface area contributed by atoms with Gasteiger partial charge in [-0.25, -0.2) is 0 Å². The van der Waals surface area contributed by atoms with Gasteiger partial charge in [0.1, 0.15) is 0 Å². The van der Waals surface area contributed by atoms with Crippen LogP contribution in [0.4, 0.5) is 0 Å². The number of primary amides is 1. The zero-order valence-electron chi connectivity index (χ0n) is 9.55. The van der Waals surface area contributed by atoms with E-state index in [2.05, 4.69) is 15.9 Å². The van der Waals surface area contributed by atoms with E-state index in [0.29, 0.717) is 5.02 Å². The predicted octanol–water partition coefficient (Wildman–Crippen LogP) is 3.72. The van der Waals surface area contributed by atoms with Crippen LogP contribution in [-0.2, 0) is 4.79 Å². The van der Waals surface area contributed by atoms with Crippen molar-refractivity contribution in [1.29, 1.82) is 0 Å². The molecule has 0 spiro atoms.